The summed E-state index contributed by atoms with van der Waals surface area (Å²) in [7, 11) is 0. The maximum absolute atomic E-state index is 5.53. The molecular weight excluding hydrogens is 184 g/mol. The van der Waals surface area contributed by atoms with Gasteiger partial charge in [0.25, 0.3) is 0 Å². The number of benzene rings is 2. The first kappa shape index (κ1) is 9.78. The zero-order valence-corrected chi connectivity index (χ0v) is 8.52. The highest BCUT2D eigenvalue weighted by atomic mass is 16.5. The number of rotatable bonds is 3. The van der Waals surface area contributed by atoms with Crippen LogP contribution in [-0.4, -0.2) is 6.61 Å². The van der Waals surface area contributed by atoms with Crippen molar-refractivity contribution in [3.05, 3.63) is 61.5 Å². The topological polar surface area (TPSA) is 9.23 Å². The van der Waals surface area contributed by atoms with Gasteiger partial charge in [-0.25, -0.2) is 0 Å². The molecule has 0 fully saturated rings. The summed E-state index contributed by atoms with van der Waals surface area (Å²) in [5, 5.41) is 2.44. The SMILES string of the molecule is [CH2]C=CCOc1ccc2ccccc2c1. The van der Waals surface area contributed by atoms with Gasteiger partial charge in [0.05, 0.1) is 0 Å². The van der Waals surface area contributed by atoms with Crippen molar-refractivity contribution >= 4 is 10.8 Å². The predicted octanol–water partition coefficient (Wildman–Crippen LogP) is 3.61. The Morgan fingerprint density at radius 2 is 1.87 bits per heavy atom. The fraction of sp³-hybridized carbons (Fsp3) is 0.0714. The van der Waals surface area contributed by atoms with Gasteiger partial charge in [-0.3, -0.25) is 0 Å². The zero-order valence-electron chi connectivity index (χ0n) is 8.52. The largest absolute Gasteiger partial charge is 0.490 e. The monoisotopic (exact) mass is 197 g/mol. The van der Waals surface area contributed by atoms with Gasteiger partial charge in [-0.2, -0.15) is 0 Å². The van der Waals surface area contributed by atoms with E-state index >= 15 is 0 Å². The fourth-order valence-electron chi connectivity index (χ4n) is 1.47. The highest BCUT2D eigenvalue weighted by Crippen LogP contribution is 2.20. The molecule has 0 N–H and O–H groups in total. The summed E-state index contributed by atoms with van der Waals surface area (Å²) in [4.78, 5) is 0. The van der Waals surface area contributed by atoms with E-state index in [4.69, 9.17) is 4.74 Å². The predicted molar refractivity (Wildman–Crippen MR) is 63.9 cm³/mol. The molecule has 0 aliphatic rings. The first-order valence-electron chi connectivity index (χ1n) is 4.96. The number of allylic oxidation sites excluding steroid dienone is 1. The molecule has 15 heavy (non-hydrogen) atoms. The van der Waals surface area contributed by atoms with Crippen LogP contribution in [0.4, 0.5) is 0 Å². The van der Waals surface area contributed by atoms with Crippen LogP contribution in [0, 0.1) is 6.92 Å². The summed E-state index contributed by atoms with van der Waals surface area (Å²) in [5.41, 5.74) is 0. The molecule has 2 aromatic rings. The van der Waals surface area contributed by atoms with Gasteiger partial charge in [-0.15, -0.1) is 0 Å². The highest BCUT2D eigenvalue weighted by molar-refractivity contribution is 5.83. The minimum Gasteiger partial charge on any atom is -0.490 e. The van der Waals surface area contributed by atoms with E-state index in [0.717, 1.165) is 5.75 Å². The Labute approximate surface area is 90.0 Å². The molecule has 1 heteroatoms. The maximum atomic E-state index is 5.53. The van der Waals surface area contributed by atoms with Gasteiger partial charge in [-0.1, -0.05) is 42.5 Å². The molecule has 1 nitrogen and oxygen atoms in total. The zero-order chi connectivity index (χ0) is 10.5. The average Bonchev–Trinajstić information content (AvgIpc) is 2.29. The Bertz CT molecular complexity index is 471. The molecule has 0 aromatic heterocycles. The van der Waals surface area contributed by atoms with E-state index in [1.807, 2.05) is 30.3 Å². The Morgan fingerprint density at radius 1 is 1.07 bits per heavy atom. The molecule has 0 aliphatic heterocycles. The Morgan fingerprint density at radius 3 is 2.67 bits per heavy atom. The van der Waals surface area contributed by atoms with Crippen LogP contribution in [0.15, 0.2) is 54.6 Å². The van der Waals surface area contributed by atoms with E-state index < -0.39 is 0 Å². The third-order valence-electron chi connectivity index (χ3n) is 2.23. The first-order chi connectivity index (χ1) is 7.40. The lowest BCUT2D eigenvalue weighted by Crippen LogP contribution is -1.92. The van der Waals surface area contributed by atoms with Crippen LogP contribution in [0.2, 0.25) is 0 Å². The summed E-state index contributed by atoms with van der Waals surface area (Å²) >= 11 is 0. The van der Waals surface area contributed by atoms with E-state index in [9.17, 15) is 0 Å². The summed E-state index contributed by atoms with van der Waals surface area (Å²) in [6.45, 7) is 4.18. The van der Waals surface area contributed by atoms with Gasteiger partial charge in [-0.05, 0) is 29.8 Å². The molecular formula is C14H13O. The van der Waals surface area contributed by atoms with Gasteiger partial charge in [0.15, 0.2) is 0 Å². The number of hydrogen-bond acceptors (Lipinski definition) is 1. The first-order valence-corrected chi connectivity index (χ1v) is 4.96. The third kappa shape index (κ3) is 2.38. The summed E-state index contributed by atoms with van der Waals surface area (Å²) < 4.78 is 5.53. The molecule has 0 amide bonds. The molecule has 0 bridgehead atoms. The van der Waals surface area contributed by atoms with Crippen LogP contribution >= 0.6 is 0 Å². The van der Waals surface area contributed by atoms with Crippen molar-refractivity contribution in [1.29, 1.82) is 0 Å². The molecule has 2 aromatic carbocycles. The van der Waals surface area contributed by atoms with Gasteiger partial charge < -0.3 is 4.74 Å². The highest BCUT2D eigenvalue weighted by Gasteiger charge is 1.95. The second-order valence-electron chi connectivity index (χ2n) is 3.29. The normalized spacial score (nSPS) is 11.0. The molecule has 0 heterocycles. The molecule has 0 saturated heterocycles. The van der Waals surface area contributed by atoms with Gasteiger partial charge in [0, 0.05) is 0 Å². The molecule has 2 rings (SSSR count). The Hall–Kier alpha value is -1.76. The standard InChI is InChI=1S/C14H13O/c1-2-3-10-15-14-9-8-12-6-4-5-7-13(12)11-14/h2-9,11H,1,10H2. The van der Waals surface area contributed by atoms with Gasteiger partial charge >= 0.3 is 0 Å². The average molecular weight is 197 g/mol. The van der Waals surface area contributed by atoms with Crippen LogP contribution in [0.1, 0.15) is 0 Å². The smallest absolute Gasteiger partial charge is 0.120 e. The van der Waals surface area contributed by atoms with Crippen LogP contribution in [-0.2, 0) is 0 Å². The minimum absolute atomic E-state index is 0.571. The molecule has 0 atom stereocenters. The number of hydrogen-bond donors (Lipinski definition) is 0. The van der Waals surface area contributed by atoms with Gasteiger partial charge in [0.1, 0.15) is 12.4 Å². The third-order valence-corrected chi connectivity index (χ3v) is 2.23. The lowest BCUT2D eigenvalue weighted by molar-refractivity contribution is 0.363. The second kappa shape index (κ2) is 4.65. The minimum atomic E-state index is 0.571. The Balaban J connectivity index is 2.23. The van der Waals surface area contributed by atoms with E-state index in [2.05, 4.69) is 25.1 Å². The fourth-order valence-corrected chi connectivity index (χ4v) is 1.47. The summed E-state index contributed by atoms with van der Waals surface area (Å²) in [6.07, 6.45) is 3.62. The van der Waals surface area contributed by atoms with Crippen molar-refractivity contribution < 1.29 is 4.74 Å². The molecule has 75 valence electrons. The molecule has 0 aliphatic carbocycles. The second-order valence-corrected chi connectivity index (χ2v) is 3.29. The van der Waals surface area contributed by atoms with E-state index in [1.54, 1.807) is 6.08 Å². The van der Waals surface area contributed by atoms with E-state index in [-0.39, 0.29) is 0 Å². The summed E-state index contributed by atoms with van der Waals surface area (Å²) in [5.74, 6) is 0.895. The van der Waals surface area contributed by atoms with Crippen molar-refractivity contribution in [1.82, 2.24) is 0 Å². The number of fused-ring (bicyclic) bond motifs is 1. The Kier molecular flexibility index (Phi) is 3.03. The quantitative estimate of drug-likeness (QED) is 0.730. The van der Waals surface area contributed by atoms with Crippen molar-refractivity contribution in [2.45, 2.75) is 0 Å². The van der Waals surface area contributed by atoms with Crippen molar-refractivity contribution in [2.75, 3.05) is 6.61 Å². The van der Waals surface area contributed by atoms with Crippen LogP contribution in [0.3, 0.4) is 0 Å². The molecule has 0 saturated carbocycles. The molecule has 0 spiro atoms. The van der Waals surface area contributed by atoms with Crippen molar-refractivity contribution in [3.63, 3.8) is 0 Å². The van der Waals surface area contributed by atoms with Crippen LogP contribution in [0.5, 0.6) is 5.75 Å². The lowest BCUT2D eigenvalue weighted by atomic mass is 10.1. The van der Waals surface area contributed by atoms with Crippen molar-refractivity contribution in [3.8, 4) is 5.75 Å². The van der Waals surface area contributed by atoms with Crippen LogP contribution in [0.25, 0.3) is 10.8 Å². The van der Waals surface area contributed by atoms with E-state index in [0.29, 0.717) is 6.61 Å². The summed E-state index contributed by atoms with van der Waals surface area (Å²) in [6, 6.07) is 14.3. The maximum Gasteiger partial charge on any atom is 0.120 e. The molecule has 1 radical (unpaired) electrons. The van der Waals surface area contributed by atoms with Crippen LogP contribution < -0.4 is 4.74 Å². The van der Waals surface area contributed by atoms with Crippen molar-refractivity contribution in [2.24, 2.45) is 0 Å². The van der Waals surface area contributed by atoms with E-state index in [1.165, 1.54) is 10.8 Å². The molecule has 0 unspecified atom stereocenters. The lowest BCUT2D eigenvalue weighted by Gasteiger charge is -2.04. The van der Waals surface area contributed by atoms with Gasteiger partial charge in [0.2, 0.25) is 0 Å². The number of ether oxygens (including phenoxy) is 1.